The van der Waals surface area contributed by atoms with Gasteiger partial charge in [0.05, 0.1) is 21.2 Å². The predicted octanol–water partition coefficient (Wildman–Crippen LogP) is 2.60. The summed E-state index contributed by atoms with van der Waals surface area (Å²) in [6, 6.07) is 1.95. The van der Waals surface area contributed by atoms with Crippen molar-refractivity contribution in [2.24, 2.45) is 0 Å². The lowest BCUT2D eigenvalue weighted by atomic mass is 10.2. The molecule has 5 heteroatoms. The average molecular weight is 351 g/mol. The third-order valence-electron chi connectivity index (χ3n) is 2.70. The molecule has 1 unspecified atom stereocenters. The van der Waals surface area contributed by atoms with Gasteiger partial charge in [-0.25, -0.2) is 0 Å². The Balaban J connectivity index is 2.04. The molecule has 2 rings (SSSR count). The predicted molar refractivity (Wildman–Crippen MR) is 73.0 cm³/mol. The lowest BCUT2D eigenvalue weighted by Crippen LogP contribution is -2.45. The Morgan fingerprint density at radius 3 is 3.19 bits per heavy atom. The number of hydrogen-bond donors (Lipinski definition) is 0. The maximum absolute atomic E-state index is 12.1. The second-order valence-corrected chi connectivity index (χ2v) is 6.60. The van der Waals surface area contributed by atoms with E-state index in [4.69, 9.17) is 4.74 Å². The van der Waals surface area contributed by atoms with Gasteiger partial charge in [-0.2, -0.15) is 0 Å². The van der Waals surface area contributed by atoms with E-state index >= 15 is 0 Å². The summed E-state index contributed by atoms with van der Waals surface area (Å²) in [6.45, 7) is 4.18. The molecular weight excluding hydrogens is 337 g/mol. The van der Waals surface area contributed by atoms with Crippen LogP contribution in [0.15, 0.2) is 11.4 Å². The van der Waals surface area contributed by atoms with Crippen LogP contribution in [-0.2, 0) is 4.74 Å². The monoisotopic (exact) mass is 351 g/mol. The van der Waals surface area contributed by atoms with Gasteiger partial charge in [-0.15, -0.1) is 11.3 Å². The van der Waals surface area contributed by atoms with Crippen molar-refractivity contribution in [1.82, 2.24) is 4.90 Å². The first-order chi connectivity index (χ1) is 7.70. The van der Waals surface area contributed by atoms with Crippen LogP contribution in [0, 0.1) is 2.88 Å². The van der Waals surface area contributed by atoms with Crippen LogP contribution in [0.1, 0.15) is 23.7 Å². The van der Waals surface area contributed by atoms with Crippen molar-refractivity contribution in [2.75, 3.05) is 19.7 Å². The molecular formula is C11H14INO2S. The molecule has 1 aromatic rings. The molecule has 1 aliphatic heterocycles. The molecule has 1 amide bonds. The Morgan fingerprint density at radius 2 is 2.56 bits per heavy atom. The van der Waals surface area contributed by atoms with Crippen molar-refractivity contribution in [3.8, 4) is 0 Å². The highest BCUT2D eigenvalue weighted by Crippen LogP contribution is 2.19. The minimum atomic E-state index is 0.140. The third-order valence-corrected chi connectivity index (χ3v) is 4.48. The lowest BCUT2D eigenvalue weighted by Gasteiger charge is -2.32. The Hall–Kier alpha value is -0.140. The van der Waals surface area contributed by atoms with Crippen LogP contribution in [0.25, 0.3) is 0 Å². The van der Waals surface area contributed by atoms with Crippen LogP contribution < -0.4 is 0 Å². The molecule has 88 valence electrons. The SMILES string of the molecule is CCC1CN(C(=O)c2csc(I)c2)CCO1. The molecule has 1 aliphatic rings. The molecule has 0 bridgehead atoms. The zero-order valence-corrected chi connectivity index (χ0v) is 12.1. The second-order valence-electron chi connectivity index (χ2n) is 3.79. The Labute approximate surface area is 113 Å². The van der Waals surface area contributed by atoms with Crippen molar-refractivity contribution in [3.63, 3.8) is 0 Å². The number of hydrogen-bond acceptors (Lipinski definition) is 3. The number of ether oxygens (including phenoxy) is 1. The van der Waals surface area contributed by atoms with Crippen LogP contribution in [0.3, 0.4) is 0 Å². The maximum Gasteiger partial charge on any atom is 0.254 e. The quantitative estimate of drug-likeness (QED) is 0.767. The summed E-state index contributed by atoms with van der Waals surface area (Å²) in [7, 11) is 0. The van der Waals surface area contributed by atoms with E-state index in [0.29, 0.717) is 13.2 Å². The van der Waals surface area contributed by atoms with E-state index in [-0.39, 0.29) is 12.0 Å². The fourth-order valence-electron chi connectivity index (χ4n) is 1.76. The molecule has 16 heavy (non-hydrogen) atoms. The number of carbonyl (C=O) groups excluding carboxylic acids is 1. The van der Waals surface area contributed by atoms with E-state index < -0.39 is 0 Å². The maximum atomic E-state index is 12.1. The highest BCUT2D eigenvalue weighted by molar-refractivity contribution is 14.1. The van der Waals surface area contributed by atoms with E-state index in [2.05, 4.69) is 29.5 Å². The van der Waals surface area contributed by atoms with Gasteiger partial charge >= 0.3 is 0 Å². The number of halogens is 1. The topological polar surface area (TPSA) is 29.5 Å². The summed E-state index contributed by atoms with van der Waals surface area (Å²) >= 11 is 3.85. The zero-order chi connectivity index (χ0) is 11.5. The number of morpholine rings is 1. The fraction of sp³-hybridized carbons (Fsp3) is 0.545. The molecule has 1 atom stereocenters. The Kier molecular flexibility index (Phi) is 4.21. The molecule has 0 aromatic carbocycles. The zero-order valence-electron chi connectivity index (χ0n) is 9.11. The van der Waals surface area contributed by atoms with E-state index in [0.717, 1.165) is 21.4 Å². The number of carbonyl (C=O) groups is 1. The first-order valence-corrected chi connectivity index (χ1v) is 7.31. The van der Waals surface area contributed by atoms with E-state index in [1.165, 1.54) is 0 Å². The standard InChI is InChI=1S/C11H14INO2S/c1-2-9-6-13(3-4-15-9)11(14)8-5-10(12)16-7-8/h5,7,9H,2-4,6H2,1H3. The van der Waals surface area contributed by atoms with Gasteiger partial charge in [0.25, 0.3) is 5.91 Å². The van der Waals surface area contributed by atoms with E-state index in [1.54, 1.807) is 11.3 Å². The summed E-state index contributed by atoms with van der Waals surface area (Å²) in [5, 5.41) is 1.93. The second kappa shape index (κ2) is 5.46. The van der Waals surface area contributed by atoms with Crippen molar-refractivity contribution in [3.05, 3.63) is 19.9 Å². The van der Waals surface area contributed by atoms with Crippen LogP contribution >= 0.6 is 33.9 Å². The molecule has 0 radical (unpaired) electrons. The fourth-order valence-corrected chi connectivity index (χ4v) is 3.08. The molecule has 1 fully saturated rings. The van der Waals surface area contributed by atoms with Crippen molar-refractivity contribution in [1.29, 1.82) is 0 Å². The first kappa shape index (κ1) is 12.3. The number of amides is 1. The molecule has 0 spiro atoms. The summed E-state index contributed by atoms with van der Waals surface area (Å²) in [6.07, 6.45) is 1.17. The van der Waals surface area contributed by atoms with Gasteiger partial charge < -0.3 is 9.64 Å². The van der Waals surface area contributed by atoms with Crippen molar-refractivity contribution >= 4 is 39.8 Å². The summed E-state index contributed by atoms with van der Waals surface area (Å²) in [5.74, 6) is 0.140. The highest BCUT2D eigenvalue weighted by atomic mass is 127. The summed E-state index contributed by atoms with van der Waals surface area (Å²) in [4.78, 5) is 14.0. The summed E-state index contributed by atoms with van der Waals surface area (Å²) < 4.78 is 6.71. The lowest BCUT2D eigenvalue weighted by molar-refractivity contribution is -0.0226. The van der Waals surface area contributed by atoms with Crippen molar-refractivity contribution < 1.29 is 9.53 Å². The summed E-state index contributed by atoms with van der Waals surface area (Å²) in [5.41, 5.74) is 0.811. The average Bonchev–Trinajstić information content (AvgIpc) is 2.75. The van der Waals surface area contributed by atoms with Crippen LogP contribution in [-0.4, -0.2) is 36.6 Å². The molecule has 0 N–H and O–H groups in total. The number of thiophene rings is 1. The van der Waals surface area contributed by atoms with E-state index in [9.17, 15) is 4.79 Å². The molecule has 3 nitrogen and oxygen atoms in total. The third kappa shape index (κ3) is 2.75. The Morgan fingerprint density at radius 1 is 1.75 bits per heavy atom. The molecule has 1 aromatic heterocycles. The van der Waals surface area contributed by atoms with Gasteiger partial charge in [0.1, 0.15) is 0 Å². The molecule has 0 saturated carbocycles. The first-order valence-electron chi connectivity index (χ1n) is 5.35. The smallest absolute Gasteiger partial charge is 0.254 e. The Bertz CT molecular complexity index is 380. The van der Waals surface area contributed by atoms with Crippen LogP contribution in [0.5, 0.6) is 0 Å². The molecule has 0 aliphatic carbocycles. The van der Waals surface area contributed by atoms with Gasteiger partial charge in [0.2, 0.25) is 0 Å². The van der Waals surface area contributed by atoms with Crippen LogP contribution in [0.4, 0.5) is 0 Å². The number of nitrogens with zero attached hydrogens (tertiary/aromatic N) is 1. The van der Waals surface area contributed by atoms with Gasteiger partial charge in [0.15, 0.2) is 0 Å². The minimum absolute atomic E-state index is 0.140. The van der Waals surface area contributed by atoms with Gasteiger partial charge in [-0.3, -0.25) is 4.79 Å². The molecule has 1 saturated heterocycles. The minimum Gasteiger partial charge on any atom is -0.375 e. The molecule has 2 heterocycles. The van der Waals surface area contributed by atoms with Crippen molar-refractivity contribution in [2.45, 2.75) is 19.4 Å². The van der Waals surface area contributed by atoms with Crippen LogP contribution in [0.2, 0.25) is 0 Å². The van der Waals surface area contributed by atoms with Gasteiger partial charge in [0, 0.05) is 18.5 Å². The number of rotatable bonds is 2. The van der Waals surface area contributed by atoms with Gasteiger partial charge in [-0.1, -0.05) is 6.92 Å². The normalized spacial score (nSPS) is 21.1. The van der Waals surface area contributed by atoms with E-state index in [1.807, 2.05) is 16.3 Å². The largest absolute Gasteiger partial charge is 0.375 e. The highest BCUT2D eigenvalue weighted by Gasteiger charge is 2.24. The van der Waals surface area contributed by atoms with Gasteiger partial charge in [-0.05, 0) is 35.1 Å².